The smallest absolute Gasteiger partial charge is 0.120 e. The van der Waals surface area contributed by atoms with Crippen molar-refractivity contribution in [3.63, 3.8) is 0 Å². The molecule has 1 saturated heterocycles. The zero-order valence-electron chi connectivity index (χ0n) is 11.8. The van der Waals surface area contributed by atoms with Gasteiger partial charge in [-0.05, 0) is 64.4 Å². The summed E-state index contributed by atoms with van der Waals surface area (Å²) in [7, 11) is 0. The molecule has 0 spiro atoms. The van der Waals surface area contributed by atoms with Crippen LogP contribution in [0.5, 0.6) is 0 Å². The topological polar surface area (TPSA) is 48.6 Å². The first kappa shape index (κ1) is 14.6. The summed E-state index contributed by atoms with van der Waals surface area (Å²) >= 11 is 0. The highest BCUT2D eigenvalue weighted by Gasteiger charge is 2.22. The highest BCUT2D eigenvalue weighted by atomic mass is 16.3. The van der Waals surface area contributed by atoms with Crippen LogP contribution in [0.3, 0.4) is 0 Å². The van der Waals surface area contributed by atoms with E-state index in [0.717, 1.165) is 31.8 Å². The second-order valence-corrected chi connectivity index (χ2v) is 5.41. The maximum atomic E-state index is 9.25. The molecule has 0 aliphatic carbocycles. The van der Waals surface area contributed by atoms with Crippen LogP contribution in [0, 0.1) is 0 Å². The lowest BCUT2D eigenvalue weighted by molar-refractivity contribution is 0.157. The van der Waals surface area contributed by atoms with E-state index in [1.54, 1.807) is 6.26 Å². The van der Waals surface area contributed by atoms with Crippen molar-refractivity contribution in [2.75, 3.05) is 26.2 Å². The Kier molecular flexibility index (Phi) is 5.89. The minimum absolute atomic E-state index is 0.284. The number of hydrogen-bond donors (Lipinski definition) is 2. The van der Waals surface area contributed by atoms with Crippen molar-refractivity contribution in [3.8, 4) is 0 Å². The summed E-state index contributed by atoms with van der Waals surface area (Å²) in [4.78, 5) is 2.43. The van der Waals surface area contributed by atoms with Crippen LogP contribution < -0.4 is 5.32 Å². The van der Waals surface area contributed by atoms with E-state index in [9.17, 15) is 5.11 Å². The fourth-order valence-electron chi connectivity index (χ4n) is 2.79. The summed E-state index contributed by atoms with van der Waals surface area (Å²) in [6.07, 6.45) is 6.47. The molecule has 4 heteroatoms. The largest absolute Gasteiger partial charge is 0.468 e. The molecule has 0 saturated carbocycles. The number of rotatable bonds is 8. The van der Waals surface area contributed by atoms with Gasteiger partial charge in [-0.25, -0.2) is 0 Å². The molecule has 0 amide bonds. The van der Waals surface area contributed by atoms with Crippen LogP contribution in [0.25, 0.3) is 0 Å². The van der Waals surface area contributed by atoms with Gasteiger partial charge in [-0.15, -0.1) is 0 Å². The van der Waals surface area contributed by atoms with Gasteiger partial charge in [0.05, 0.1) is 18.9 Å². The third-order valence-corrected chi connectivity index (χ3v) is 4.00. The van der Waals surface area contributed by atoms with Crippen LogP contribution in [-0.4, -0.2) is 42.3 Å². The zero-order valence-corrected chi connectivity index (χ0v) is 11.8. The second kappa shape index (κ2) is 7.68. The predicted molar refractivity (Wildman–Crippen MR) is 76.0 cm³/mol. The summed E-state index contributed by atoms with van der Waals surface area (Å²) in [5.41, 5.74) is 0. The van der Waals surface area contributed by atoms with Crippen LogP contribution in [0.1, 0.15) is 44.4 Å². The molecule has 0 aromatic carbocycles. The number of nitrogens with one attached hydrogen (secondary N) is 1. The Balaban J connectivity index is 1.55. The van der Waals surface area contributed by atoms with Gasteiger partial charge in [0.25, 0.3) is 0 Å². The number of likely N-dealkylation sites (tertiary alicyclic amines) is 1. The zero-order chi connectivity index (χ0) is 13.5. The molecule has 1 aliphatic heterocycles. The minimum Gasteiger partial charge on any atom is -0.468 e. The first-order chi connectivity index (χ1) is 9.31. The third kappa shape index (κ3) is 4.34. The summed E-state index contributed by atoms with van der Waals surface area (Å²) in [6, 6.07) is 4.63. The Morgan fingerprint density at radius 1 is 1.53 bits per heavy atom. The van der Waals surface area contributed by atoms with E-state index in [4.69, 9.17) is 4.42 Å². The van der Waals surface area contributed by atoms with Crippen LogP contribution in [0.4, 0.5) is 0 Å². The molecule has 108 valence electrons. The summed E-state index contributed by atoms with van der Waals surface area (Å²) < 4.78 is 5.36. The predicted octanol–water partition coefficient (Wildman–Crippen LogP) is 2.17. The molecule has 1 aromatic heterocycles. The van der Waals surface area contributed by atoms with Gasteiger partial charge in [0.15, 0.2) is 0 Å². The quantitative estimate of drug-likeness (QED) is 0.708. The van der Waals surface area contributed by atoms with Gasteiger partial charge in [-0.3, -0.25) is 4.90 Å². The standard InChI is InChI=1S/C15H26N2O2/c1-13(15-7-5-11-19-15)16-8-2-3-9-17-10-4-6-14(17)12-18/h5,7,11,13-14,16,18H,2-4,6,8-10,12H2,1H3. The van der Waals surface area contributed by atoms with Gasteiger partial charge < -0.3 is 14.8 Å². The van der Waals surface area contributed by atoms with Crippen LogP contribution in [-0.2, 0) is 0 Å². The molecule has 2 unspecified atom stereocenters. The Morgan fingerprint density at radius 3 is 3.16 bits per heavy atom. The SMILES string of the molecule is CC(NCCCCN1CCCC1CO)c1ccco1. The van der Waals surface area contributed by atoms with Crippen molar-refractivity contribution in [2.45, 2.75) is 44.7 Å². The maximum Gasteiger partial charge on any atom is 0.120 e. The molecule has 2 heterocycles. The third-order valence-electron chi connectivity index (χ3n) is 4.00. The molecular weight excluding hydrogens is 240 g/mol. The summed E-state index contributed by atoms with van der Waals surface area (Å²) in [5, 5.41) is 12.7. The van der Waals surface area contributed by atoms with Crippen molar-refractivity contribution in [3.05, 3.63) is 24.2 Å². The van der Waals surface area contributed by atoms with Gasteiger partial charge in [0.2, 0.25) is 0 Å². The van der Waals surface area contributed by atoms with Crippen LogP contribution in [0.2, 0.25) is 0 Å². The monoisotopic (exact) mass is 266 g/mol. The summed E-state index contributed by atoms with van der Waals surface area (Å²) in [5.74, 6) is 1.000. The van der Waals surface area contributed by atoms with E-state index in [1.165, 1.54) is 19.3 Å². The minimum atomic E-state index is 0.284. The summed E-state index contributed by atoms with van der Waals surface area (Å²) in [6.45, 7) is 5.72. The molecular formula is C15H26N2O2. The molecule has 2 rings (SSSR count). The molecule has 2 atom stereocenters. The molecule has 1 fully saturated rings. The molecule has 1 aliphatic rings. The normalized spacial score (nSPS) is 21.9. The first-order valence-electron chi connectivity index (χ1n) is 7.43. The molecule has 2 N–H and O–H groups in total. The van der Waals surface area contributed by atoms with Crippen molar-refractivity contribution >= 4 is 0 Å². The van der Waals surface area contributed by atoms with Crippen molar-refractivity contribution in [1.82, 2.24) is 10.2 Å². The lowest BCUT2D eigenvalue weighted by Crippen LogP contribution is -2.33. The van der Waals surface area contributed by atoms with E-state index in [2.05, 4.69) is 17.1 Å². The molecule has 0 radical (unpaired) electrons. The average molecular weight is 266 g/mol. The van der Waals surface area contributed by atoms with Gasteiger partial charge >= 0.3 is 0 Å². The van der Waals surface area contributed by atoms with Gasteiger partial charge in [-0.2, -0.15) is 0 Å². The Bertz CT molecular complexity index is 340. The molecule has 0 bridgehead atoms. The first-order valence-corrected chi connectivity index (χ1v) is 7.43. The van der Waals surface area contributed by atoms with E-state index in [1.807, 2.05) is 12.1 Å². The van der Waals surface area contributed by atoms with E-state index >= 15 is 0 Å². The fourth-order valence-corrected chi connectivity index (χ4v) is 2.79. The Labute approximate surface area is 115 Å². The highest BCUT2D eigenvalue weighted by molar-refractivity contribution is 5.02. The van der Waals surface area contributed by atoms with Crippen molar-refractivity contribution in [1.29, 1.82) is 0 Å². The number of nitrogens with zero attached hydrogens (tertiary/aromatic N) is 1. The molecule has 1 aromatic rings. The second-order valence-electron chi connectivity index (χ2n) is 5.41. The molecule has 19 heavy (non-hydrogen) atoms. The van der Waals surface area contributed by atoms with Crippen molar-refractivity contribution < 1.29 is 9.52 Å². The lowest BCUT2D eigenvalue weighted by Gasteiger charge is -2.22. The number of hydrogen-bond acceptors (Lipinski definition) is 4. The number of aliphatic hydroxyl groups excluding tert-OH is 1. The Morgan fingerprint density at radius 2 is 2.42 bits per heavy atom. The van der Waals surface area contributed by atoms with E-state index in [0.29, 0.717) is 12.6 Å². The lowest BCUT2D eigenvalue weighted by atomic mass is 10.2. The number of unbranched alkanes of at least 4 members (excludes halogenated alkanes) is 1. The highest BCUT2D eigenvalue weighted by Crippen LogP contribution is 2.17. The van der Waals surface area contributed by atoms with Gasteiger partial charge in [0, 0.05) is 6.04 Å². The average Bonchev–Trinajstić information content (AvgIpc) is 3.09. The van der Waals surface area contributed by atoms with Crippen LogP contribution >= 0.6 is 0 Å². The number of furan rings is 1. The Hall–Kier alpha value is -0.840. The van der Waals surface area contributed by atoms with Gasteiger partial charge in [0.1, 0.15) is 5.76 Å². The maximum absolute atomic E-state index is 9.25. The number of aliphatic hydroxyl groups is 1. The van der Waals surface area contributed by atoms with Crippen molar-refractivity contribution in [2.24, 2.45) is 0 Å². The molecule has 4 nitrogen and oxygen atoms in total. The van der Waals surface area contributed by atoms with E-state index < -0.39 is 0 Å². The van der Waals surface area contributed by atoms with Gasteiger partial charge in [-0.1, -0.05) is 0 Å². The van der Waals surface area contributed by atoms with E-state index in [-0.39, 0.29) is 6.04 Å². The fraction of sp³-hybridized carbons (Fsp3) is 0.733. The van der Waals surface area contributed by atoms with Crippen LogP contribution in [0.15, 0.2) is 22.8 Å².